The first-order valence-electron chi connectivity index (χ1n) is 6.40. The molecule has 0 aliphatic rings. The lowest BCUT2D eigenvalue weighted by Crippen LogP contribution is -2.40. The molecule has 110 valence electrons. The average molecular weight is 280 g/mol. The summed E-state index contributed by atoms with van der Waals surface area (Å²) in [5.41, 5.74) is 0.579. The lowest BCUT2D eigenvalue weighted by Gasteiger charge is -2.20. The highest BCUT2D eigenvalue weighted by Crippen LogP contribution is 2.23. The Labute approximate surface area is 118 Å². The number of hydrogen-bond acceptors (Lipinski definition) is 4. The van der Waals surface area contributed by atoms with Gasteiger partial charge in [-0.2, -0.15) is 0 Å². The fourth-order valence-electron chi connectivity index (χ4n) is 1.59. The van der Waals surface area contributed by atoms with Gasteiger partial charge in [-0.15, -0.1) is 0 Å². The van der Waals surface area contributed by atoms with Crippen LogP contribution in [0.5, 0.6) is 5.75 Å². The molecule has 1 unspecified atom stereocenters. The van der Waals surface area contributed by atoms with Crippen molar-refractivity contribution < 1.29 is 19.4 Å². The van der Waals surface area contributed by atoms with E-state index in [1.54, 1.807) is 25.2 Å². The van der Waals surface area contributed by atoms with Gasteiger partial charge in [0.2, 0.25) is 5.91 Å². The van der Waals surface area contributed by atoms with Gasteiger partial charge in [-0.25, -0.2) is 0 Å². The smallest absolute Gasteiger partial charge is 0.320 e. The number of carbonyl (C=O) groups is 2. The molecule has 0 bridgehead atoms. The molecular weight excluding hydrogens is 260 g/mol. The molecular formula is C14H20N2O4. The number of carbonyl (C=O) groups excluding carboxylic acids is 1. The Morgan fingerprint density at radius 1 is 1.40 bits per heavy atom. The summed E-state index contributed by atoms with van der Waals surface area (Å²) < 4.78 is 5.41. The molecule has 1 aromatic rings. The number of nitrogens with one attached hydrogen (secondary N) is 1. The SMILES string of the molecule is CCOc1ccccc1NC(=O)CN(C)C(C)C(=O)O. The Morgan fingerprint density at radius 3 is 2.65 bits per heavy atom. The molecule has 1 aromatic carbocycles. The minimum absolute atomic E-state index is 0.00603. The van der Waals surface area contributed by atoms with E-state index >= 15 is 0 Å². The second-order valence-electron chi connectivity index (χ2n) is 4.41. The molecule has 1 rings (SSSR count). The number of nitrogens with zero attached hydrogens (tertiary/aromatic N) is 1. The van der Waals surface area contributed by atoms with E-state index in [9.17, 15) is 9.59 Å². The van der Waals surface area contributed by atoms with Crippen molar-refractivity contribution in [2.45, 2.75) is 19.9 Å². The molecule has 1 amide bonds. The van der Waals surface area contributed by atoms with E-state index < -0.39 is 12.0 Å². The van der Waals surface area contributed by atoms with Crippen LogP contribution in [0.2, 0.25) is 0 Å². The highest BCUT2D eigenvalue weighted by Gasteiger charge is 2.19. The Hall–Kier alpha value is -2.08. The topological polar surface area (TPSA) is 78.9 Å². The Kier molecular flexibility index (Phi) is 5.99. The van der Waals surface area contributed by atoms with Gasteiger partial charge in [0, 0.05) is 0 Å². The molecule has 0 radical (unpaired) electrons. The van der Waals surface area contributed by atoms with Crippen molar-refractivity contribution in [2.24, 2.45) is 0 Å². The highest BCUT2D eigenvalue weighted by atomic mass is 16.5. The molecule has 20 heavy (non-hydrogen) atoms. The lowest BCUT2D eigenvalue weighted by molar-refractivity contribution is -0.142. The van der Waals surface area contributed by atoms with Crippen molar-refractivity contribution in [1.82, 2.24) is 4.90 Å². The van der Waals surface area contributed by atoms with Crippen LogP contribution in [0.15, 0.2) is 24.3 Å². The third-order valence-electron chi connectivity index (χ3n) is 2.87. The number of benzene rings is 1. The molecule has 6 heteroatoms. The van der Waals surface area contributed by atoms with Gasteiger partial charge in [0.1, 0.15) is 11.8 Å². The second-order valence-corrected chi connectivity index (χ2v) is 4.41. The zero-order valence-electron chi connectivity index (χ0n) is 11.9. The van der Waals surface area contributed by atoms with E-state index in [0.717, 1.165) is 0 Å². The summed E-state index contributed by atoms with van der Waals surface area (Å²) in [6.45, 7) is 3.89. The molecule has 0 aliphatic heterocycles. The van der Waals surface area contributed by atoms with Gasteiger partial charge in [-0.05, 0) is 33.0 Å². The number of rotatable bonds is 7. The number of anilines is 1. The Morgan fingerprint density at radius 2 is 2.05 bits per heavy atom. The van der Waals surface area contributed by atoms with Crippen molar-refractivity contribution in [3.05, 3.63) is 24.3 Å². The minimum atomic E-state index is -0.963. The number of carboxylic acid groups (broad SMARTS) is 1. The number of amides is 1. The molecule has 0 saturated heterocycles. The molecule has 0 fully saturated rings. The van der Waals surface area contributed by atoms with Crippen LogP contribution in [-0.4, -0.2) is 48.1 Å². The van der Waals surface area contributed by atoms with Crippen molar-refractivity contribution in [2.75, 3.05) is 25.5 Å². The monoisotopic (exact) mass is 280 g/mol. The Bertz CT molecular complexity index is 476. The standard InChI is InChI=1S/C14H20N2O4/c1-4-20-12-8-6-5-7-11(12)15-13(17)9-16(3)10(2)14(18)19/h5-8,10H,4,9H2,1-3H3,(H,15,17)(H,18,19). The lowest BCUT2D eigenvalue weighted by atomic mass is 10.2. The van der Waals surface area contributed by atoms with Crippen LogP contribution < -0.4 is 10.1 Å². The number of carboxylic acids is 1. The molecule has 0 heterocycles. The van der Waals surface area contributed by atoms with Crippen molar-refractivity contribution in [1.29, 1.82) is 0 Å². The zero-order chi connectivity index (χ0) is 15.1. The molecule has 0 aliphatic carbocycles. The van der Waals surface area contributed by atoms with Gasteiger partial charge in [0.15, 0.2) is 0 Å². The first-order valence-corrected chi connectivity index (χ1v) is 6.40. The van der Waals surface area contributed by atoms with Gasteiger partial charge in [0.05, 0.1) is 18.8 Å². The minimum Gasteiger partial charge on any atom is -0.492 e. The summed E-state index contributed by atoms with van der Waals surface area (Å²) >= 11 is 0. The van der Waals surface area contributed by atoms with Crippen molar-refractivity contribution in [3.8, 4) is 5.75 Å². The summed E-state index contributed by atoms with van der Waals surface area (Å²) in [6.07, 6.45) is 0. The van der Waals surface area contributed by atoms with Crippen LogP contribution in [0, 0.1) is 0 Å². The van der Waals surface area contributed by atoms with E-state index in [1.807, 2.05) is 13.0 Å². The summed E-state index contributed by atoms with van der Waals surface area (Å²) in [7, 11) is 1.59. The number of para-hydroxylation sites is 2. The fourth-order valence-corrected chi connectivity index (χ4v) is 1.59. The van der Waals surface area contributed by atoms with E-state index in [-0.39, 0.29) is 12.5 Å². The maximum absolute atomic E-state index is 11.9. The van der Waals surface area contributed by atoms with Gasteiger partial charge < -0.3 is 15.2 Å². The van der Waals surface area contributed by atoms with Gasteiger partial charge in [-0.3, -0.25) is 14.5 Å². The average Bonchev–Trinajstić information content (AvgIpc) is 2.40. The fraction of sp³-hybridized carbons (Fsp3) is 0.429. The van der Waals surface area contributed by atoms with Crippen LogP contribution in [0.4, 0.5) is 5.69 Å². The maximum Gasteiger partial charge on any atom is 0.320 e. The summed E-state index contributed by atoms with van der Waals surface area (Å²) in [5.74, 6) is -0.653. The van der Waals surface area contributed by atoms with Gasteiger partial charge in [-0.1, -0.05) is 12.1 Å². The van der Waals surface area contributed by atoms with Gasteiger partial charge in [0.25, 0.3) is 0 Å². The first-order chi connectivity index (χ1) is 9.45. The predicted molar refractivity (Wildman–Crippen MR) is 76.0 cm³/mol. The third kappa shape index (κ3) is 4.55. The summed E-state index contributed by atoms with van der Waals surface area (Å²) in [4.78, 5) is 24.2. The van der Waals surface area contributed by atoms with Crippen LogP contribution in [0.3, 0.4) is 0 Å². The van der Waals surface area contributed by atoms with Gasteiger partial charge >= 0.3 is 5.97 Å². The van der Waals surface area contributed by atoms with E-state index in [1.165, 1.54) is 11.8 Å². The van der Waals surface area contributed by atoms with Crippen LogP contribution >= 0.6 is 0 Å². The molecule has 6 nitrogen and oxygen atoms in total. The third-order valence-corrected chi connectivity index (χ3v) is 2.87. The summed E-state index contributed by atoms with van der Waals surface area (Å²) in [6, 6.07) is 6.40. The quantitative estimate of drug-likeness (QED) is 0.790. The van der Waals surface area contributed by atoms with Crippen LogP contribution in [-0.2, 0) is 9.59 Å². The number of ether oxygens (including phenoxy) is 1. The Balaban J connectivity index is 2.65. The second kappa shape index (κ2) is 7.49. The summed E-state index contributed by atoms with van der Waals surface area (Å²) in [5, 5.41) is 11.6. The van der Waals surface area contributed by atoms with Crippen molar-refractivity contribution in [3.63, 3.8) is 0 Å². The largest absolute Gasteiger partial charge is 0.492 e. The maximum atomic E-state index is 11.9. The molecule has 0 aromatic heterocycles. The molecule has 1 atom stereocenters. The first kappa shape index (κ1) is 16.0. The van der Waals surface area contributed by atoms with Crippen LogP contribution in [0.1, 0.15) is 13.8 Å². The predicted octanol–water partition coefficient (Wildman–Crippen LogP) is 1.43. The molecule has 0 saturated carbocycles. The number of likely N-dealkylation sites (N-methyl/N-ethyl adjacent to an activating group) is 1. The van der Waals surface area contributed by atoms with E-state index in [0.29, 0.717) is 18.0 Å². The highest BCUT2D eigenvalue weighted by molar-refractivity contribution is 5.94. The van der Waals surface area contributed by atoms with Crippen LogP contribution in [0.25, 0.3) is 0 Å². The molecule has 2 N–H and O–H groups in total. The van der Waals surface area contributed by atoms with E-state index in [4.69, 9.17) is 9.84 Å². The van der Waals surface area contributed by atoms with Crippen molar-refractivity contribution >= 4 is 17.6 Å². The normalized spacial score (nSPS) is 12.0. The number of aliphatic carboxylic acids is 1. The number of hydrogen-bond donors (Lipinski definition) is 2. The molecule has 0 spiro atoms. The van der Waals surface area contributed by atoms with E-state index in [2.05, 4.69) is 5.32 Å². The zero-order valence-corrected chi connectivity index (χ0v) is 11.9.